The molecule has 2 rings (SSSR count). The SMILES string of the molecule is CCCOc1c(OCCCSc2ccc(C(C)=O)c(O)c2CCC)ccc(C(C)=O)c1OCCCC(=O)O. The highest BCUT2D eigenvalue weighted by Crippen LogP contribution is 2.41. The maximum atomic E-state index is 12.2. The van der Waals surface area contributed by atoms with Gasteiger partial charge in [0.2, 0.25) is 5.75 Å². The number of carbonyl (C=O) groups is 3. The van der Waals surface area contributed by atoms with Crippen LogP contribution < -0.4 is 14.2 Å². The van der Waals surface area contributed by atoms with Crippen LogP contribution in [0, 0.1) is 0 Å². The zero-order valence-corrected chi connectivity index (χ0v) is 23.4. The number of ketones is 2. The predicted molar refractivity (Wildman–Crippen MR) is 148 cm³/mol. The van der Waals surface area contributed by atoms with Gasteiger partial charge >= 0.3 is 5.97 Å². The number of carbonyl (C=O) groups excluding carboxylic acids is 2. The lowest BCUT2D eigenvalue weighted by molar-refractivity contribution is -0.137. The first-order valence-electron chi connectivity index (χ1n) is 13.0. The molecule has 0 aromatic heterocycles. The number of rotatable bonds is 18. The number of carboxylic acids is 1. The van der Waals surface area contributed by atoms with E-state index in [0.717, 1.165) is 29.1 Å². The lowest BCUT2D eigenvalue weighted by Crippen LogP contribution is -2.10. The average Bonchev–Trinajstić information content (AvgIpc) is 2.86. The van der Waals surface area contributed by atoms with E-state index in [9.17, 15) is 19.5 Å². The Bertz CT molecular complexity index is 1110. The monoisotopic (exact) mass is 546 g/mol. The van der Waals surface area contributed by atoms with Gasteiger partial charge in [0.15, 0.2) is 23.1 Å². The number of hydrogen-bond acceptors (Lipinski definition) is 8. The number of benzene rings is 2. The molecular formula is C29H38O8S. The van der Waals surface area contributed by atoms with Crippen molar-refractivity contribution in [2.45, 2.75) is 71.1 Å². The molecule has 9 heteroatoms. The van der Waals surface area contributed by atoms with Gasteiger partial charge in [0.05, 0.1) is 30.9 Å². The lowest BCUT2D eigenvalue weighted by atomic mass is 10.0. The molecular weight excluding hydrogens is 508 g/mol. The summed E-state index contributed by atoms with van der Waals surface area (Å²) in [7, 11) is 0. The zero-order chi connectivity index (χ0) is 28.1. The molecule has 8 nitrogen and oxygen atoms in total. The van der Waals surface area contributed by atoms with Gasteiger partial charge in [-0.25, -0.2) is 0 Å². The highest BCUT2D eigenvalue weighted by molar-refractivity contribution is 7.99. The van der Waals surface area contributed by atoms with E-state index < -0.39 is 5.97 Å². The van der Waals surface area contributed by atoms with E-state index in [1.165, 1.54) is 13.8 Å². The number of Topliss-reactive ketones (excluding diaryl/α,β-unsaturated/α-hetero) is 2. The summed E-state index contributed by atoms with van der Waals surface area (Å²) < 4.78 is 17.8. The van der Waals surface area contributed by atoms with Crippen molar-refractivity contribution in [3.63, 3.8) is 0 Å². The lowest BCUT2D eigenvalue weighted by Gasteiger charge is -2.19. The second-order valence-corrected chi connectivity index (χ2v) is 9.95. The first-order valence-corrected chi connectivity index (χ1v) is 14.0. The first-order chi connectivity index (χ1) is 18.2. The largest absolute Gasteiger partial charge is 0.507 e. The summed E-state index contributed by atoms with van der Waals surface area (Å²) >= 11 is 1.60. The van der Waals surface area contributed by atoms with E-state index in [4.69, 9.17) is 19.3 Å². The van der Waals surface area contributed by atoms with Crippen molar-refractivity contribution in [2.75, 3.05) is 25.6 Å². The predicted octanol–water partition coefficient (Wildman–Crippen LogP) is 6.34. The van der Waals surface area contributed by atoms with Gasteiger partial charge in [0.25, 0.3) is 0 Å². The van der Waals surface area contributed by atoms with Gasteiger partial charge in [-0.1, -0.05) is 20.3 Å². The van der Waals surface area contributed by atoms with Crippen molar-refractivity contribution in [2.24, 2.45) is 0 Å². The second kappa shape index (κ2) is 15.9. The topological polar surface area (TPSA) is 119 Å². The van der Waals surface area contributed by atoms with E-state index in [0.29, 0.717) is 55.1 Å². The number of carboxylic acid groups (broad SMARTS) is 1. The minimum atomic E-state index is -0.912. The van der Waals surface area contributed by atoms with E-state index in [2.05, 4.69) is 0 Å². The number of thioether (sulfide) groups is 1. The molecule has 0 saturated carbocycles. The molecule has 0 aliphatic rings. The van der Waals surface area contributed by atoms with Crippen LogP contribution in [0.1, 0.15) is 86.1 Å². The Morgan fingerprint density at radius 3 is 2.11 bits per heavy atom. The summed E-state index contributed by atoms with van der Waals surface area (Å²) in [6.07, 6.45) is 3.23. The van der Waals surface area contributed by atoms with Crippen LogP contribution in [0.5, 0.6) is 23.0 Å². The minimum absolute atomic E-state index is 0.0381. The molecule has 2 aromatic rings. The van der Waals surface area contributed by atoms with Crippen molar-refractivity contribution in [1.82, 2.24) is 0 Å². The molecule has 2 N–H and O–H groups in total. The van der Waals surface area contributed by atoms with E-state index in [1.54, 1.807) is 30.0 Å². The summed E-state index contributed by atoms with van der Waals surface area (Å²) in [5, 5.41) is 19.5. The fourth-order valence-corrected chi connectivity index (χ4v) is 4.79. The summed E-state index contributed by atoms with van der Waals surface area (Å²) in [5.74, 6) is 0.605. The van der Waals surface area contributed by atoms with Crippen LogP contribution in [0.15, 0.2) is 29.2 Å². The maximum Gasteiger partial charge on any atom is 0.303 e. The smallest absolute Gasteiger partial charge is 0.303 e. The molecule has 0 aliphatic carbocycles. The van der Waals surface area contributed by atoms with Gasteiger partial charge in [0.1, 0.15) is 5.75 Å². The Kier molecular flexibility index (Phi) is 13.0. The van der Waals surface area contributed by atoms with Gasteiger partial charge in [0, 0.05) is 22.6 Å². The molecule has 208 valence electrons. The van der Waals surface area contributed by atoms with Crippen molar-refractivity contribution < 1.29 is 38.8 Å². The quantitative estimate of drug-likeness (QED) is 0.125. The number of phenols is 1. The Labute approximate surface area is 228 Å². The van der Waals surface area contributed by atoms with E-state index in [1.807, 2.05) is 19.9 Å². The number of aliphatic carboxylic acids is 1. The molecule has 0 radical (unpaired) electrons. The number of aromatic hydroxyl groups is 1. The third kappa shape index (κ3) is 8.97. The third-order valence-electron chi connectivity index (χ3n) is 5.61. The molecule has 2 aromatic carbocycles. The molecule has 38 heavy (non-hydrogen) atoms. The first kappa shape index (κ1) is 31.0. The Hall–Kier alpha value is -3.20. The Balaban J connectivity index is 2.11. The van der Waals surface area contributed by atoms with Gasteiger partial charge in [-0.3, -0.25) is 14.4 Å². The van der Waals surface area contributed by atoms with Crippen LogP contribution in [-0.4, -0.2) is 53.3 Å². The highest BCUT2D eigenvalue weighted by Gasteiger charge is 2.21. The van der Waals surface area contributed by atoms with Crippen LogP contribution in [0.4, 0.5) is 0 Å². The van der Waals surface area contributed by atoms with Crippen molar-refractivity contribution in [3.05, 3.63) is 41.0 Å². The fourth-order valence-electron chi connectivity index (χ4n) is 3.77. The molecule has 0 bridgehead atoms. The molecule has 0 saturated heterocycles. The van der Waals surface area contributed by atoms with Crippen molar-refractivity contribution >= 4 is 29.3 Å². The van der Waals surface area contributed by atoms with Crippen LogP contribution in [-0.2, 0) is 11.2 Å². The highest BCUT2D eigenvalue weighted by atomic mass is 32.2. The summed E-state index contributed by atoms with van der Waals surface area (Å²) in [6.45, 7) is 7.80. The average molecular weight is 547 g/mol. The third-order valence-corrected chi connectivity index (χ3v) is 6.80. The van der Waals surface area contributed by atoms with Crippen molar-refractivity contribution in [1.29, 1.82) is 0 Å². The molecule has 0 fully saturated rings. The molecule has 0 atom stereocenters. The fraction of sp³-hybridized carbons (Fsp3) is 0.483. The van der Waals surface area contributed by atoms with Gasteiger partial charge in [-0.15, -0.1) is 11.8 Å². The molecule has 0 unspecified atom stereocenters. The number of hydrogen-bond donors (Lipinski definition) is 2. The van der Waals surface area contributed by atoms with Crippen molar-refractivity contribution in [3.8, 4) is 23.0 Å². The zero-order valence-electron chi connectivity index (χ0n) is 22.6. The molecule has 0 aliphatic heterocycles. The molecule has 0 amide bonds. The van der Waals surface area contributed by atoms with Crippen LogP contribution >= 0.6 is 11.8 Å². The van der Waals surface area contributed by atoms with Crippen LogP contribution in [0.25, 0.3) is 0 Å². The Morgan fingerprint density at radius 1 is 0.816 bits per heavy atom. The normalized spacial score (nSPS) is 10.7. The second-order valence-electron chi connectivity index (χ2n) is 8.81. The van der Waals surface area contributed by atoms with E-state index >= 15 is 0 Å². The standard InChI is InChI=1S/C29H38O8S/c1-5-9-23-25(14-12-21(19(3)30)27(23)34)38-18-8-17-35-24-13-11-22(20(4)31)28(29(24)36-15-6-2)37-16-7-10-26(32)33/h11-14,34H,5-10,15-18H2,1-4H3,(H,32,33). The minimum Gasteiger partial charge on any atom is -0.507 e. The van der Waals surface area contributed by atoms with E-state index in [-0.39, 0.29) is 36.1 Å². The van der Waals surface area contributed by atoms with Gasteiger partial charge < -0.3 is 24.4 Å². The van der Waals surface area contributed by atoms with Gasteiger partial charge in [-0.05, 0) is 63.8 Å². The van der Waals surface area contributed by atoms with Crippen LogP contribution in [0.2, 0.25) is 0 Å². The maximum absolute atomic E-state index is 12.2. The Morgan fingerprint density at radius 2 is 1.47 bits per heavy atom. The molecule has 0 heterocycles. The molecule has 0 spiro atoms. The summed E-state index contributed by atoms with van der Waals surface area (Å²) in [6, 6.07) is 6.88. The summed E-state index contributed by atoms with van der Waals surface area (Å²) in [4.78, 5) is 35.8. The summed E-state index contributed by atoms with van der Waals surface area (Å²) in [5.41, 5.74) is 1.49. The number of phenolic OH excluding ortho intramolecular Hbond substituents is 1. The number of ether oxygens (including phenoxy) is 3. The van der Waals surface area contributed by atoms with Gasteiger partial charge in [-0.2, -0.15) is 0 Å². The van der Waals surface area contributed by atoms with Crippen LogP contribution in [0.3, 0.4) is 0 Å².